The van der Waals surface area contributed by atoms with Crippen molar-refractivity contribution in [2.75, 3.05) is 6.54 Å². The van der Waals surface area contributed by atoms with E-state index in [1.54, 1.807) is 37.7 Å². The molecule has 7 nitrogen and oxygen atoms in total. The summed E-state index contributed by atoms with van der Waals surface area (Å²) in [7, 11) is 0. The first kappa shape index (κ1) is 18.4. The molecule has 0 saturated heterocycles. The first-order valence-corrected chi connectivity index (χ1v) is 8.79. The Labute approximate surface area is 157 Å². The van der Waals surface area contributed by atoms with Gasteiger partial charge in [0.1, 0.15) is 11.8 Å². The number of aromatic nitrogens is 2. The van der Waals surface area contributed by atoms with Crippen molar-refractivity contribution in [1.29, 1.82) is 0 Å². The zero-order chi connectivity index (χ0) is 19.2. The molecule has 0 fully saturated rings. The number of hydrogen-bond donors (Lipinski definition) is 2. The summed E-state index contributed by atoms with van der Waals surface area (Å²) < 4.78 is 6.79. The smallest absolute Gasteiger partial charge is 0.251 e. The van der Waals surface area contributed by atoms with Crippen molar-refractivity contribution in [3.63, 3.8) is 0 Å². The topological polar surface area (TPSA) is 103 Å². The van der Waals surface area contributed by atoms with E-state index in [1.165, 1.54) is 4.68 Å². The van der Waals surface area contributed by atoms with Crippen LogP contribution in [0.1, 0.15) is 35.5 Å². The monoisotopic (exact) mass is 366 g/mol. The number of carbonyl (C=O) groups is 2. The van der Waals surface area contributed by atoms with Crippen molar-refractivity contribution in [2.24, 2.45) is 5.73 Å². The highest BCUT2D eigenvalue weighted by molar-refractivity contribution is 5.95. The standard InChI is InChI=1S/C20H22N4O3/c1-14(19(21)25)24-13-17(12-23-24)15-5-2-6-16(11-15)20(26)22-9-3-7-18-8-4-10-27-18/h2,4-6,8,10-14H,3,7,9H2,1H3,(H2,21,25)(H,22,26)/t14-/m0/s1. The number of primary amides is 1. The van der Waals surface area contributed by atoms with Crippen LogP contribution < -0.4 is 11.1 Å². The second-order valence-corrected chi connectivity index (χ2v) is 6.31. The summed E-state index contributed by atoms with van der Waals surface area (Å²) in [5, 5.41) is 7.10. The lowest BCUT2D eigenvalue weighted by Gasteiger charge is -2.07. The van der Waals surface area contributed by atoms with Gasteiger partial charge in [-0.2, -0.15) is 5.10 Å². The van der Waals surface area contributed by atoms with Gasteiger partial charge in [0.25, 0.3) is 5.91 Å². The highest BCUT2D eigenvalue weighted by Gasteiger charge is 2.13. The number of carbonyl (C=O) groups excluding carboxylic acids is 2. The van der Waals surface area contributed by atoms with Gasteiger partial charge in [0, 0.05) is 30.3 Å². The molecule has 3 rings (SSSR count). The molecule has 27 heavy (non-hydrogen) atoms. The Morgan fingerprint density at radius 3 is 2.85 bits per heavy atom. The maximum Gasteiger partial charge on any atom is 0.251 e. The molecule has 7 heteroatoms. The van der Waals surface area contributed by atoms with Gasteiger partial charge in [0.05, 0.1) is 12.5 Å². The number of benzene rings is 1. The Bertz CT molecular complexity index is 915. The van der Waals surface area contributed by atoms with Crippen molar-refractivity contribution in [2.45, 2.75) is 25.8 Å². The summed E-state index contributed by atoms with van der Waals surface area (Å²) in [5.74, 6) is 0.329. The number of nitrogens with two attached hydrogens (primary N) is 1. The van der Waals surface area contributed by atoms with Gasteiger partial charge >= 0.3 is 0 Å². The minimum atomic E-state index is -0.528. The first-order chi connectivity index (χ1) is 13.0. The average molecular weight is 366 g/mol. The Balaban J connectivity index is 1.61. The molecule has 0 unspecified atom stereocenters. The molecule has 0 aliphatic heterocycles. The molecule has 0 spiro atoms. The molecule has 2 aromatic heterocycles. The Kier molecular flexibility index (Phi) is 5.71. The van der Waals surface area contributed by atoms with Crippen LogP contribution in [0.4, 0.5) is 0 Å². The van der Waals surface area contributed by atoms with Crippen molar-refractivity contribution >= 4 is 11.8 Å². The quantitative estimate of drug-likeness (QED) is 0.598. The fourth-order valence-corrected chi connectivity index (χ4v) is 2.69. The summed E-state index contributed by atoms with van der Waals surface area (Å²) in [6, 6.07) is 10.5. The van der Waals surface area contributed by atoms with E-state index in [0.29, 0.717) is 12.1 Å². The van der Waals surface area contributed by atoms with Gasteiger partial charge < -0.3 is 15.5 Å². The third kappa shape index (κ3) is 4.63. The molecule has 0 aliphatic carbocycles. The maximum atomic E-state index is 12.4. The maximum absolute atomic E-state index is 12.4. The number of nitrogens with zero attached hydrogens (tertiary/aromatic N) is 2. The van der Waals surface area contributed by atoms with Crippen LogP contribution in [0.3, 0.4) is 0 Å². The van der Waals surface area contributed by atoms with Gasteiger partial charge in [0.15, 0.2) is 0 Å². The average Bonchev–Trinajstić information content (AvgIpc) is 3.36. The number of hydrogen-bond acceptors (Lipinski definition) is 4. The Hall–Kier alpha value is -3.35. The summed E-state index contributed by atoms with van der Waals surface area (Å²) in [5.41, 5.74) is 7.54. The third-order valence-corrected chi connectivity index (χ3v) is 4.33. The molecule has 0 radical (unpaired) electrons. The van der Waals surface area contributed by atoms with Gasteiger partial charge in [-0.1, -0.05) is 12.1 Å². The molecule has 0 aliphatic rings. The predicted molar refractivity (Wildman–Crippen MR) is 101 cm³/mol. The van der Waals surface area contributed by atoms with Gasteiger partial charge in [0.2, 0.25) is 5.91 Å². The van der Waals surface area contributed by atoms with Gasteiger partial charge in [-0.25, -0.2) is 0 Å². The zero-order valence-electron chi connectivity index (χ0n) is 15.1. The Morgan fingerprint density at radius 1 is 1.26 bits per heavy atom. The lowest BCUT2D eigenvalue weighted by molar-refractivity contribution is -0.120. The van der Waals surface area contributed by atoms with Gasteiger partial charge in [-0.05, 0) is 43.2 Å². The lowest BCUT2D eigenvalue weighted by Crippen LogP contribution is -2.24. The van der Waals surface area contributed by atoms with E-state index in [1.807, 2.05) is 24.3 Å². The molecule has 0 bridgehead atoms. The number of nitrogens with one attached hydrogen (secondary N) is 1. The van der Waals surface area contributed by atoms with Crippen LogP contribution in [0, 0.1) is 0 Å². The number of aryl methyl sites for hydroxylation is 1. The fourth-order valence-electron chi connectivity index (χ4n) is 2.69. The molecule has 1 aromatic carbocycles. The second kappa shape index (κ2) is 8.35. The minimum absolute atomic E-state index is 0.130. The van der Waals surface area contributed by atoms with E-state index >= 15 is 0 Å². The number of rotatable bonds is 8. The van der Waals surface area contributed by atoms with E-state index in [4.69, 9.17) is 10.2 Å². The number of furan rings is 1. The van der Waals surface area contributed by atoms with Gasteiger partial charge in [-0.15, -0.1) is 0 Å². The molecule has 0 saturated carbocycles. The highest BCUT2D eigenvalue weighted by atomic mass is 16.3. The molecule has 3 N–H and O–H groups in total. The summed E-state index contributed by atoms with van der Waals surface area (Å²) in [6.07, 6.45) is 6.63. The zero-order valence-corrected chi connectivity index (χ0v) is 15.1. The van der Waals surface area contributed by atoms with E-state index in [9.17, 15) is 9.59 Å². The van der Waals surface area contributed by atoms with E-state index in [0.717, 1.165) is 29.7 Å². The molecule has 140 valence electrons. The molecular formula is C20H22N4O3. The summed E-state index contributed by atoms with van der Waals surface area (Å²) >= 11 is 0. The van der Waals surface area contributed by atoms with Crippen molar-refractivity contribution < 1.29 is 14.0 Å². The molecular weight excluding hydrogens is 344 g/mol. The van der Waals surface area contributed by atoms with Crippen LogP contribution in [0.15, 0.2) is 59.5 Å². The largest absolute Gasteiger partial charge is 0.469 e. The number of amides is 2. The summed E-state index contributed by atoms with van der Waals surface area (Å²) in [6.45, 7) is 2.25. The SMILES string of the molecule is C[C@@H](C(N)=O)n1cc(-c2cccc(C(=O)NCCCc3ccco3)c2)cn1. The van der Waals surface area contributed by atoms with Crippen molar-refractivity contribution in [3.8, 4) is 11.1 Å². The first-order valence-electron chi connectivity index (χ1n) is 8.79. The van der Waals surface area contributed by atoms with Crippen molar-refractivity contribution in [3.05, 3.63) is 66.4 Å². The minimum Gasteiger partial charge on any atom is -0.469 e. The fraction of sp³-hybridized carbons (Fsp3) is 0.250. The Morgan fingerprint density at radius 2 is 2.11 bits per heavy atom. The van der Waals surface area contributed by atoms with Crippen LogP contribution in [-0.4, -0.2) is 28.1 Å². The lowest BCUT2D eigenvalue weighted by atomic mass is 10.1. The van der Waals surface area contributed by atoms with E-state index in [-0.39, 0.29) is 5.91 Å². The molecule has 3 aromatic rings. The highest BCUT2D eigenvalue weighted by Crippen LogP contribution is 2.21. The van der Waals surface area contributed by atoms with E-state index < -0.39 is 11.9 Å². The van der Waals surface area contributed by atoms with Crippen LogP contribution in [0.5, 0.6) is 0 Å². The third-order valence-electron chi connectivity index (χ3n) is 4.33. The molecule has 1 atom stereocenters. The van der Waals surface area contributed by atoms with Crippen LogP contribution in [0.2, 0.25) is 0 Å². The van der Waals surface area contributed by atoms with Crippen molar-refractivity contribution in [1.82, 2.24) is 15.1 Å². The van der Waals surface area contributed by atoms with Crippen LogP contribution >= 0.6 is 0 Å². The second-order valence-electron chi connectivity index (χ2n) is 6.31. The normalized spacial score (nSPS) is 11.9. The van der Waals surface area contributed by atoms with E-state index in [2.05, 4.69) is 10.4 Å². The molecule has 2 heterocycles. The van der Waals surface area contributed by atoms with Crippen LogP contribution in [-0.2, 0) is 11.2 Å². The molecule has 2 amide bonds. The predicted octanol–water partition coefficient (Wildman–Crippen LogP) is 2.55. The summed E-state index contributed by atoms with van der Waals surface area (Å²) in [4.78, 5) is 23.7. The van der Waals surface area contributed by atoms with Gasteiger partial charge in [-0.3, -0.25) is 14.3 Å². The van der Waals surface area contributed by atoms with Crippen LogP contribution in [0.25, 0.3) is 11.1 Å².